The lowest BCUT2D eigenvalue weighted by Crippen LogP contribution is -2.24. The molecule has 1 unspecified atom stereocenters. The Kier molecular flexibility index (Phi) is 4.88. The molecule has 0 aliphatic rings. The largest absolute Gasteiger partial charge is 0.451 e. The summed E-state index contributed by atoms with van der Waals surface area (Å²) in [7, 11) is 1.91. The minimum atomic E-state index is 0. The van der Waals surface area contributed by atoms with Crippen LogP contribution in [0.5, 0.6) is 0 Å². The molecule has 0 saturated carbocycles. The number of nitrogens with one attached hydrogen (secondary N) is 1. The van der Waals surface area contributed by atoms with Crippen LogP contribution in [0, 0.1) is 13.8 Å². The summed E-state index contributed by atoms with van der Waals surface area (Å²) in [5.41, 5.74) is 3.29. The molecule has 0 spiro atoms. The highest BCUT2D eigenvalue weighted by molar-refractivity contribution is 5.85. The highest BCUT2D eigenvalue weighted by Gasteiger charge is 2.15. The van der Waals surface area contributed by atoms with E-state index in [1.807, 2.05) is 19.2 Å². The molecule has 0 saturated heterocycles. The lowest BCUT2D eigenvalue weighted by molar-refractivity contribution is 0.408. The van der Waals surface area contributed by atoms with Crippen LogP contribution in [0.3, 0.4) is 0 Å². The monoisotopic (exact) mass is 321 g/mol. The molecule has 0 bridgehead atoms. The van der Waals surface area contributed by atoms with Crippen LogP contribution in [-0.4, -0.2) is 23.2 Å². The van der Waals surface area contributed by atoms with E-state index in [1.165, 1.54) is 11.1 Å². The van der Waals surface area contributed by atoms with Crippen molar-refractivity contribution in [1.82, 2.24) is 15.5 Å². The first kappa shape index (κ1) is 16.5. The van der Waals surface area contributed by atoms with Gasteiger partial charge in [0.1, 0.15) is 5.58 Å². The molecule has 2 aromatic heterocycles. The molecule has 2 heterocycles. The van der Waals surface area contributed by atoms with E-state index in [0.29, 0.717) is 23.5 Å². The van der Waals surface area contributed by atoms with Crippen LogP contribution in [0.1, 0.15) is 23.9 Å². The summed E-state index contributed by atoms with van der Waals surface area (Å²) in [6, 6.07) is 6.39. The van der Waals surface area contributed by atoms with Gasteiger partial charge in [-0.15, -0.1) is 12.4 Å². The molecule has 118 valence electrons. The summed E-state index contributed by atoms with van der Waals surface area (Å²) >= 11 is 0. The van der Waals surface area contributed by atoms with Gasteiger partial charge in [0.2, 0.25) is 0 Å². The smallest absolute Gasteiger partial charge is 0.293 e. The van der Waals surface area contributed by atoms with Crippen molar-refractivity contribution in [2.45, 2.75) is 33.2 Å². The van der Waals surface area contributed by atoms with E-state index in [2.05, 4.69) is 42.3 Å². The van der Waals surface area contributed by atoms with Crippen LogP contribution in [0.4, 0.5) is 0 Å². The molecule has 1 atom stereocenters. The number of likely N-dealkylation sites (N-methyl/N-ethyl adjacent to an activating group) is 1. The van der Waals surface area contributed by atoms with Crippen molar-refractivity contribution < 1.29 is 8.94 Å². The van der Waals surface area contributed by atoms with Crippen molar-refractivity contribution in [3.05, 3.63) is 35.2 Å². The van der Waals surface area contributed by atoms with Crippen LogP contribution in [-0.2, 0) is 6.42 Å². The van der Waals surface area contributed by atoms with E-state index in [4.69, 9.17) is 8.94 Å². The normalized spacial score (nSPS) is 12.4. The van der Waals surface area contributed by atoms with E-state index in [1.54, 1.807) is 0 Å². The Morgan fingerprint density at radius 2 is 1.91 bits per heavy atom. The van der Waals surface area contributed by atoms with Crippen molar-refractivity contribution in [3.63, 3.8) is 0 Å². The van der Waals surface area contributed by atoms with Gasteiger partial charge in [-0.05, 0) is 57.1 Å². The predicted molar refractivity (Wildman–Crippen MR) is 88.5 cm³/mol. The minimum absolute atomic E-state index is 0. The zero-order chi connectivity index (χ0) is 15.0. The standard InChI is InChI=1S/C16H19N3O2.ClH/c1-9-5-12-8-14(20-13(12)6-10(9)2)16-18-15(19-21-16)7-11(3)17-4;/h5-6,8,11,17H,7H2,1-4H3;1H. The van der Waals surface area contributed by atoms with Crippen LogP contribution >= 0.6 is 12.4 Å². The number of aromatic nitrogens is 2. The maximum atomic E-state index is 5.82. The summed E-state index contributed by atoms with van der Waals surface area (Å²) in [6.07, 6.45) is 0.721. The molecular weight excluding hydrogens is 302 g/mol. The van der Waals surface area contributed by atoms with E-state index >= 15 is 0 Å². The van der Waals surface area contributed by atoms with E-state index in [0.717, 1.165) is 17.4 Å². The maximum absolute atomic E-state index is 5.82. The number of aryl methyl sites for hydroxylation is 2. The Balaban J connectivity index is 0.00000176. The number of halogens is 1. The molecule has 0 aliphatic heterocycles. The molecule has 0 fully saturated rings. The maximum Gasteiger partial charge on any atom is 0.293 e. The van der Waals surface area contributed by atoms with Gasteiger partial charge in [-0.3, -0.25) is 0 Å². The highest BCUT2D eigenvalue weighted by Crippen LogP contribution is 2.28. The van der Waals surface area contributed by atoms with Crippen LogP contribution in [0.15, 0.2) is 27.1 Å². The second-order valence-electron chi connectivity index (χ2n) is 5.49. The molecule has 6 heteroatoms. The average Bonchev–Trinajstić information content (AvgIpc) is 3.06. The van der Waals surface area contributed by atoms with Crippen molar-refractivity contribution in [1.29, 1.82) is 0 Å². The third-order valence-electron chi connectivity index (χ3n) is 3.79. The molecule has 1 N–H and O–H groups in total. The number of nitrogens with zero attached hydrogens (tertiary/aromatic N) is 2. The van der Waals surface area contributed by atoms with Crippen LogP contribution in [0.2, 0.25) is 0 Å². The Labute approximate surface area is 135 Å². The Bertz CT molecular complexity index is 740. The number of furan rings is 1. The molecule has 22 heavy (non-hydrogen) atoms. The minimum Gasteiger partial charge on any atom is -0.451 e. The van der Waals surface area contributed by atoms with Gasteiger partial charge in [0.05, 0.1) is 0 Å². The van der Waals surface area contributed by atoms with E-state index < -0.39 is 0 Å². The van der Waals surface area contributed by atoms with Gasteiger partial charge in [-0.2, -0.15) is 4.98 Å². The summed E-state index contributed by atoms with van der Waals surface area (Å²) in [4.78, 5) is 4.40. The predicted octanol–water partition coefficient (Wildman–Crippen LogP) is 3.67. The summed E-state index contributed by atoms with van der Waals surface area (Å²) in [5.74, 6) is 1.73. The highest BCUT2D eigenvalue weighted by atomic mass is 35.5. The summed E-state index contributed by atoms with van der Waals surface area (Å²) in [6.45, 7) is 6.23. The first-order valence-electron chi connectivity index (χ1n) is 7.08. The molecule has 5 nitrogen and oxygen atoms in total. The number of benzene rings is 1. The van der Waals surface area contributed by atoms with Gasteiger partial charge in [0.25, 0.3) is 5.89 Å². The quantitative estimate of drug-likeness (QED) is 0.794. The van der Waals surface area contributed by atoms with Crippen molar-refractivity contribution >= 4 is 23.4 Å². The fourth-order valence-corrected chi connectivity index (χ4v) is 2.22. The lowest BCUT2D eigenvalue weighted by atomic mass is 10.1. The van der Waals surface area contributed by atoms with Gasteiger partial charge in [0.15, 0.2) is 11.6 Å². The number of hydrogen-bond donors (Lipinski definition) is 1. The van der Waals surface area contributed by atoms with E-state index in [9.17, 15) is 0 Å². The molecular formula is C16H20ClN3O2. The molecule has 0 aliphatic carbocycles. The fourth-order valence-electron chi connectivity index (χ4n) is 2.22. The molecule has 3 rings (SSSR count). The second kappa shape index (κ2) is 6.50. The third kappa shape index (κ3) is 3.15. The van der Waals surface area contributed by atoms with E-state index in [-0.39, 0.29) is 12.4 Å². The summed E-state index contributed by atoms with van der Waals surface area (Å²) < 4.78 is 11.1. The molecule has 3 aromatic rings. The van der Waals surface area contributed by atoms with Gasteiger partial charge >= 0.3 is 0 Å². The Hall–Kier alpha value is -1.85. The second-order valence-corrected chi connectivity index (χ2v) is 5.49. The van der Waals surface area contributed by atoms with Crippen LogP contribution in [0.25, 0.3) is 22.6 Å². The number of fused-ring (bicyclic) bond motifs is 1. The fraction of sp³-hybridized carbons (Fsp3) is 0.375. The molecule has 0 radical (unpaired) electrons. The third-order valence-corrected chi connectivity index (χ3v) is 3.79. The molecule has 0 amide bonds. The summed E-state index contributed by atoms with van der Waals surface area (Å²) in [5, 5.41) is 8.20. The van der Waals surface area contributed by atoms with Crippen molar-refractivity contribution in [3.8, 4) is 11.7 Å². The Morgan fingerprint density at radius 1 is 1.18 bits per heavy atom. The van der Waals surface area contributed by atoms with Gasteiger partial charge < -0.3 is 14.3 Å². The van der Waals surface area contributed by atoms with Gasteiger partial charge in [0, 0.05) is 17.8 Å². The zero-order valence-corrected chi connectivity index (χ0v) is 14.0. The number of hydrogen-bond acceptors (Lipinski definition) is 5. The average molecular weight is 322 g/mol. The molecule has 1 aromatic carbocycles. The SMILES string of the molecule is CNC(C)Cc1noc(-c2cc3cc(C)c(C)cc3o2)n1.Cl. The van der Waals surface area contributed by atoms with Crippen molar-refractivity contribution in [2.24, 2.45) is 0 Å². The van der Waals surface area contributed by atoms with Gasteiger partial charge in [-0.25, -0.2) is 0 Å². The van der Waals surface area contributed by atoms with Gasteiger partial charge in [-0.1, -0.05) is 5.16 Å². The first-order chi connectivity index (χ1) is 10.1. The topological polar surface area (TPSA) is 64.1 Å². The lowest BCUT2D eigenvalue weighted by Gasteiger charge is -2.04. The van der Waals surface area contributed by atoms with Crippen molar-refractivity contribution in [2.75, 3.05) is 7.05 Å². The number of rotatable bonds is 4. The first-order valence-corrected chi connectivity index (χ1v) is 7.08. The Morgan fingerprint density at radius 3 is 2.64 bits per heavy atom. The zero-order valence-electron chi connectivity index (χ0n) is 13.1. The van der Waals surface area contributed by atoms with Crippen LogP contribution < -0.4 is 5.32 Å².